The summed E-state index contributed by atoms with van der Waals surface area (Å²) >= 11 is 0. The number of likely N-dealkylation sites (N-methyl/N-ethyl adjacent to an activating group) is 1. The average Bonchev–Trinajstić information content (AvgIpc) is 2.62. The van der Waals surface area contributed by atoms with Crippen LogP contribution in [0.2, 0.25) is 0 Å². The largest absolute Gasteiger partial charge is 0.373 e. The number of fused-ring (bicyclic) bond motifs is 2. The second-order valence-electron chi connectivity index (χ2n) is 7.29. The first kappa shape index (κ1) is 14.3. The summed E-state index contributed by atoms with van der Waals surface area (Å²) in [6.07, 6.45) is 4.79. The lowest BCUT2D eigenvalue weighted by Gasteiger charge is -2.40. The predicted molar refractivity (Wildman–Crippen MR) is 76.7 cm³/mol. The number of hydrogen-bond donors (Lipinski definition) is 1. The van der Waals surface area contributed by atoms with E-state index in [9.17, 15) is 0 Å². The molecule has 2 saturated carbocycles. The van der Waals surface area contributed by atoms with Gasteiger partial charge < -0.3 is 10.1 Å². The average molecular weight is 253 g/mol. The molecule has 0 aromatic carbocycles. The molecule has 2 bridgehead atoms. The van der Waals surface area contributed by atoms with E-state index < -0.39 is 0 Å². The van der Waals surface area contributed by atoms with Crippen molar-refractivity contribution >= 4 is 0 Å². The molecule has 18 heavy (non-hydrogen) atoms. The minimum absolute atomic E-state index is 0.307. The highest BCUT2D eigenvalue weighted by atomic mass is 16.5. The van der Waals surface area contributed by atoms with Crippen molar-refractivity contribution in [3.63, 3.8) is 0 Å². The summed E-state index contributed by atoms with van der Waals surface area (Å²) in [7, 11) is 0. The SMILES string of the molecule is CCNC(C)C(C)OC1CC2CCC1(C)C2(C)C. The van der Waals surface area contributed by atoms with Crippen molar-refractivity contribution < 1.29 is 4.74 Å². The number of hydrogen-bond acceptors (Lipinski definition) is 2. The molecule has 5 atom stereocenters. The van der Waals surface area contributed by atoms with Crippen LogP contribution in [0, 0.1) is 16.7 Å². The Morgan fingerprint density at radius 3 is 2.39 bits per heavy atom. The van der Waals surface area contributed by atoms with Gasteiger partial charge in [0.1, 0.15) is 0 Å². The smallest absolute Gasteiger partial charge is 0.0701 e. The van der Waals surface area contributed by atoms with Crippen LogP contribution in [0.25, 0.3) is 0 Å². The Balaban J connectivity index is 2.00. The molecule has 0 amide bonds. The molecule has 0 aliphatic heterocycles. The predicted octanol–water partition coefficient (Wildman–Crippen LogP) is 3.60. The molecule has 2 heteroatoms. The topological polar surface area (TPSA) is 21.3 Å². The summed E-state index contributed by atoms with van der Waals surface area (Å²) in [5.74, 6) is 0.870. The van der Waals surface area contributed by atoms with E-state index in [0.717, 1.165) is 12.5 Å². The van der Waals surface area contributed by atoms with Gasteiger partial charge in [0.05, 0.1) is 12.2 Å². The van der Waals surface area contributed by atoms with Gasteiger partial charge in [-0.05, 0) is 56.4 Å². The molecule has 2 nitrogen and oxygen atoms in total. The fraction of sp³-hybridized carbons (Fsp3) is 1.00. The van der Waals surface area contributed by atoms with Gasteiger partial charge in [0.2, 0.25) is 0 Å². The van der Waals surface area contributed by atoms with Crippen LogP contribution in [-0.2, 0) is 4.74 Å². The summed E-state index contributed by atoms with van der Waals surface area (Å²) in [6, 6.07) is 0.445. The Morgan fingerprint density at radius 1 is 1.28 bits per heavy atom. The Morgan fingerprint density at radius 2 is 1.94 bits per heavy atom. The molecule has 2 rings (SSSR count). The Bertz CT molecular complexity index is 301. The van der Waals surface area contributed by atoms with E-state index in [0.29, 0.717) is 29.1 Å². The van der Waals surface area contributed by atoms with E-state index >= 15 is 0 Å². The molecular formula is C16H31NO. The van der Waals surface area contributed by atoms with Crippen LogP contribution in [0.15, 0.2) is 0 Å². The van der Waals surface area contributed by atoms with Crippen molar-refractivity contribution in [1.82, 2.24) is 5.32 Å². The van der Waals surface area contributed by atoms with Gasteiger partial charge in [0, 0.05) is 6.04 Å². The lowest BCUT2D eigenvalue weighted by atomic mass is 9.70. The molecule has 5 unspecified atom stereocenters. The normalized spacial score (nSPS) is 41.0. The third kappa shape index (κ3) is 2.02. The Hall–Kier alpha value is -0.0800. The third-order valence-electron chi connectivity index (χ3n) is 6.32. The molecule has 106 valence electrons. The van der Waals surface area contributed by atoms with Gasteiger partial charge in [-0.3, -0.25) is 0 Å². The van der Waals surface area contributed by atoms with Crippen molar-refractivity contribution in [3.8, 4) is 0 Å². The van der Waals surface area contributed by atoms with Crippen LogP contribution in [0.3, 0.4) is 0 Å². The monoisotopic (exact) mass is 253 g/mol. The van der Waals surface area contributed by atoms with E-state index in [1.807, 2.05) is 0 Å². The summed E-state index contributed by atoms with van der Waals surface area (Å²) < 4.78 is 6.44. The number of rotatable bonds is 5. The lowest BCUT2D eigenvalue weighted by molar-refractivity contribution is -0.0888. The van der Waals surface area contributed by atoms with Crippen LogP contribution in [0.5, 0.6) is 0 Å². The second kappa shape index (κ2) is 4.79. The molecule has 1 N–H and O–H groups in total. The van der Waals surface area contributed by atoms with Gasteiger partial charge in [0.25, 0.3) is 0 Å². The highest BCUT2D eigenvalue weighted by Gasteiger charge is 2.62. The summed E-state index contributed by atoms with van der Waals surface area (Å²) in [4.78, 5) is 0. The van der Waals surface area contributed by atoms with Gasteiger partial charge in [-0.1, -0.05) is 27.7 Å². The molecule has 0 aromatic rings. The van der Waals surface area contributed by atoms with Crippen molar-refractivity contribution in [2.45, 2.75) is 79.1 Å². The zero-order valence-electron chi connectivity index (χ0n) is 13.0. The van der Waals surface area contributed by atoms with Gasteiger partial charge in [-0.2, -0.15) is 0 Å². The maximum Gasteiger partial charge on any atom is 0.0701 e. The molecule has 2 aliphatic rings. The van der Waals surface area contributed by atoms with Crippen molar-refractivity contribution in [3.05, 3.63) is 0 Å². The van der Waals surface area contributed by atoms with Crippen LogP contribution in [0.1, 0.15) is 60.8 Å². The molecule has 0 radical (unpaired) electrons. The standard InChI is InChI=1S/C16H31NO/c1-7-17-11(2)12(3)18-14-10-13-8-9-16(14,6)15(13,4)5/h11-14,17H,7-10H2,1-6H3. The fourth-order valence-corrected chi connectivity index (χ4v) is 4.20. The molecule has 0 saturated heterocycles. The lowest BCUT2D eigenvalue weighted by Crippen LogP contribution is -2.44. The quantitative estimate of drug-likeness (QED) is 0.808. The molecule has 2 fully saturated rings. The summed E-state index contributed by atoms with van der Waals surface area (Å²) in [6.45, 7) is 15.0. The van der Waals surface area contributed by atoms with Crippen LogP contribution >= 0.6 is 0 Å². The molecule has 2 aliphatic carbocycles. The highest BCUT2D eigenvalue weighted by Crippen LogP contribution is 2.66. The van der Waals surface area contributed by atoms with Crippen molar-refractivity contribution in [2.24, 2.45) is 16.7 Å². The highest BCUT2D eigenvalue weighted by molar-refractivity contribution is 5.11. The van der Waals surface area contributed by atoms with Gasteiger partial charge in [0.15, 0.2) is 0 Å². The Labute approximate surface area is 113 Å². The maximum atomic E-state index is 6.44. The third-order valence-corrected chi connectivity index (χ3v) is 6.32. The molecule has 0 heterocycles. The van der Waals surface area contributed by atoms with Gasteiger partial charge in [-0.15, -0.1) is 0 Å². The van der Waals surface area contributed by atoms with Crippen LogP contribution in [-0.4, -0.2) is 24.8 Å². The first-order valence-corrected chi connectivity index (χ1v) is 7.71. The zero-order chi connectivity index (χ0) is 13.6. The zero-order valence-corrected chi connectivity index (χ0v) is 13.0. The minimum atomic E-state index is 0.307. The van der Waals surface area contributed by atoms with Crippen molar-refractivity contribution in [2.75, 3.05) is 6.54 Å². The van der Waals surface area contributed by atoms with Crippen LogP contribution < -0.4 is 5.32 Å². The Kier molecular flexibility index (Phi) is 3.81. The molecule has 0 spiro atoms. The van der Waals surface area contributed by atoms with E-state index in [1.54, 1.807) is 0 Å². The van der Waals surface area contributed by atoms with E-state index in [1.165, 1.54) is 19.3 Å². The maximum absolute atomic E-state index is 6.44. The molecule has 0 aromatic heterocycles. The van der Waals surface area contributed by atoms with E-state index in [4.69, 9.17) is 4.74 Å². The van der Waals surface area contributed by atoms with Crippen molar-refractivity contribution in [1.29, 1.82) is 0 Å². The van der Waals surface area contributed by atoms with Crippen LogP contribution in [0.4, 0.5) is 0 Å². The number of ether oxygens (including phenoxy) is 1. The summed E-state index contributed by atoms with van der Waals surface area (Å²) in [5, 5.41) is 3.47. The fourth-order valence-electron chi connectivity index (χ4n) is 4.20. The van der Waals surface area contributed by atoms with E-state index in [-0.39, 0.29) is 0 Å². The van der Waals surface area contributed by atoms with E-state index in [2.05, 4.69) is 46.9 Å². The van der Waals surface area contributed by atoms with Gasteiger partial charge >= 0.3 is 0 Å². The molecular weight excluding hydrogens is 222 g/mol. The second-order valence-corrected chi connectivity index (χ2v) is 7.29. The first-order valence-electron chi connectivity index (χ1n) is 7.71. The summed E-state index contributed by atoms with van der Waals surface area (Å²) in [5.41, 5.74) is 0.844. The number of nitrogens with one attached hydrogen (secondary N) is 1. The first-order chi connectivity index (χ1) is 8.33. The van der Waals surface area contributed by atoms with Gasteiger partial charge in [-0.25, -0.2) is 0 Å². The minimum Gasteiger partial charge on any atom is -0.373 e.